The number of aliphatic carboxylic acids is 1. The summed E-state index contributed by atoms with van der Waals surface area (Å²) in [7, 11) is 0. The van der Waals surface area contributed by atoms with E-state index in [1.807, 2.05) is 0 Å². The zero-order chi connectivity index (χ0) is 17.1. The molecule has 0 aromatic heterocycles. The van der Waals surface area contributed by atoms with Crippen molar-refractivity contribution in [3.8, 4) is 5.75 Å². The maximum atomic E-state index is 12.6. The van der Waals surface area contributed by atoms with E-state index in [4.69, 9.17) is 9.84 Å². The second-order valence-electron chi connectivity index (χ2n) is 4.47. The van der Waals surface area contributed by atoms with E-state index in [1.54, 1.807) is 6.92 Å². The lowest BCUT2D eigenvalue weighted by Crippen LogP contribution is -2.27. The fraction of sp³-hybridized carbons (Fsp3) is 0.462. The Hall–Kier alpha value is -1.93. The van der Waals surface area contributed by atoms with Crippen molar-refractivity contribution in [2.75, 3.05) is 0 Å². The van der Waals surface area contributed by atoms with Gasteiger partial charge in [0.15, 0.2) is 6.10 Å². The molecule has 0 radical (unpaired) electrons. The second-order valence-corrected chi connectivity index (χ2v) is 4.47. The summed E-state index contributed by atoms with van der Waals surface area (Å²) in [4.78, 5) is 10.9. The number of hydrogen-bond acceptors (Lipinski definition) is 2. The number of carboxylic acids is 1. The molecule has 0 saturated heterocycles. The standard InChI is InChI=1S/C13H12F6O3/c1-2-3-10(11(20)21)22-9-5-7(12(14,15)16)4-8(6-9)13(17,18)19/h4-6,10H,2-3H2,1H3,(H,20,21). The van der Waals surface area contributed by atoms with Gasteiger partial charge in [0.25, 0.3) is 0 Å². The minimum atomic E-state index is -5.01. The lowest BCUT2D eigenvalue weighted by molar-refractivity contribution is -0.145. The van der Waals surface area contributed by atoms with Gasteiger partial charge in [-0.05, 0) is 24.6 Å². The molecule has 0 aliphatic rings. The molecule has 3 nitrogen and oxygen atoms in total. The largest absolute Gasteiger partial charge is 0.479 e. The van der Waals surface area contributed by atoms with Crippen molar-refractivity contribution >= 4 is 5.97 Å². The van der Waals surface area contributed by atoms with E-state index in [1.165, 1.54) is 0 Å². The molecule has 0 bridgehead atoms. The Balaban J connectivity index is 3.26. The number of carboxylic acid groups (broad SMARTS) is 1. The predicted molar refractivity (Wildman–Crippen MR) is 63.4 cm³/mol. The van der Waals surface area contributed by atoms with Gasteiger partial charge in [0.2, 0.25) is 0 Å². The maximum Gasteiger partial charge on any atom is 0.416 e. The first-order chi connectivity index (χ1) is 9.95. The van der Waals surface area contributed by atoms with Crippen molar-refractivity contribution in [3.05, 3.63) is 29.3 Å². The number of alkyl halides is 6. The monoisotopic (exact) mass is 330 g/mol. The Labute approximate surface area is 121 Å². The molecule has 22 heavy (non-hydrogen) atoms. The molecule has 1 rings (SSSR count). The molecule has 1 N–H and O–H groups in total. The molecule has 1 unspecified atom stereocenters. The lowest BCUT2D eigenvalue weighted by atomic mass is 10.1. The highest BCUT2D eigenvalue weighted by Gasteiger charge is 2.37. The molecule has 0 aliphatic carbocycles. The van der Waals surface area contributed by atoms with Gasteiger partial charge in [-0.1, -0.05) is 13.3 Å². The van der Waals surface area contributed by atoms with Crippen LogP contribution in [0.4, 0.5) is 26.3 Å². The fourth-order valence-electron chi connectivity index (χ4n) is 1.65. The van der Waals surface area contributed by atoms with Gasteiger partial charge in [-0.25, -0.2) is 4.79 Å². The SMILES string of the molecule is CCCC(Oc1cc(C(F)(F)F)cc(C(F)(F)F)c1)C(=O)O. The van der Waals surface area contributed by atoms with Gasteiger partial charge in [-0.2, -0.15) is 26.3 Å². The Morgan fingerprint density at radius 3 is 1.86 bits per heavy atom. The Morgan fingerprint density at radius 2 is 1.55 bits per heavy atom. The van der Waals surface area contributed by atoms with E-state index < -0.39 is 41.3 Å². The normalized spacial score (nSPS) is 13.8. The smallest absolute Gasteiger partial charge is 0.416 e. The molecule has 0 spiro atoms. The number of ether oxygens (including phenoxy) is 1. The molecule has 1 aromatic rings. The quantitative estimate of drug-likeness (QED) is 0.816. The zero-order valence-corrected chi connectivity index (χ0v) is 11.3. The first-order valence-corrected chi connectivity index (χ1v) is 6.14. The number of rotatable bonds is 5. The van der Waals surface area contributed by atoms with Crippen LogP contribution in [-0.4, -0.2) is 17.2 Å². The zero-order valence-electron chi connectivity index (χ0n) is 11.3. The molecule has 0 amide bonds. The van der Waals surface area contributed by atoms with Crippen LogP contribution in [0.2, 0.25) is 0 Å². The van der Waals surface area contributed by atoms with Crippen LogP contribution < -0.4 is 4.74 Å². The predicted octanol–water partition coefficient (Wildman–Crippen LogP) is 4.36. The summed E-state index contributed by atoms with van der Waals surface area (Å²) in [5.41, 5.74) is -3.11. The minimum absolute atomic E-state index is 0.0487. The van der Waals surface area contributed by atoms with E-state index >= 15 is 0 Å². The molecule has 1 atom stereocenters. The molecule has 0 saturated carbocycles. The summed E-state index contributed by atoms with van der Waals surface area (Å²) >= 11 is 0. The topological polar surface area (TPSA) is 46.5 Å². The summed E-state index contributed by atoms with van der Waals surface area (Å²) in [5, 5.41) is 8.85. The van der Waals surface area contributed by atoms with Crippen molar-refractivity contribution in [3.63, 3.8) is 0 Å². The molecule has 0 fully saturated rings. The number of halogens is 6. The maximum absolute atomic E-state index is 12.6. The Bertz CT molecular complexity index is 503. The van der Waals surface area contributed by atoms with Gasteiger partial charge in [-0.15, -0.1) is 0 Å². The summed E-state index contributed by atoms with van der Waals surface area (Å²) in [6.07, 6.45) is -11.3. The molecular formula is C13H12F6O3. The van der Waals surface area contributed by atoms with Gasteiger partial charge < -0.3 is 9.84 Å². The van der Waals surface area contributed by atoms with Crippen LogP contribution >= 0.6 is 0 Å². The second kappa shape index (κ2) is 6.45. The molecule has 1 aromatic carbocycles. The average Bonchev–Trinajstić information content (AvgIpc) is 2.35. The molecular weight excluding hydrogens is 318 g/mol. The van der Waals surface area contributed by atoms with Gasteiger partial charge in [0.1, 0.15) is 5.75 Å². The van der Waals surface area contributed by atoms with Gasteiger partial charge in [0.05, 0.1) is 11.1 Å². The number of benzene rings is 1. The first kappa shape index (κ1) is 18.1. The van der Waals surface area contributed by atoms with Crippen molar-refractivity contribution in [2.24, 2.45) is 0 Å². The summed E-state index contributed by atoms with van der Waals surface area (Å²) in [6.45, 7) is 1.60. The third kappa shape index (κ3) is 4.81. The lowest BCUT2D eigenvalue weighted by Gasteiger charge is -2.18. The van der Waals surface area contributed by atoms with Crippen LogP contribution in [-0.2, 0) is 17.1 Å². The highest BCUT2D eigenvalue weighted by molar-refractivity contribution is 5.72. The van der Waals surface area contributed by atoms with Crippen LogP contribution in [0.1, 0.15) is 30.9 Å². The summed E-state index contributed by atoms with van der Waals surface area (Å²) in [6, 6.07) is 0.643. The van der Waals surface area contributed by atoms with E-state index in [9.17, 15) is 31.1 Å². The Kier molecular flexibility index (Phi) is 5.31. The van der Waals surface area contributed by atoms with Crippen LogP contribution in [0.3, 0.4) is 0 Å². The van der Waals surface area contributed by atoms with Crippen LogP contribution in [0.25, 0.3) is 0 Å². The third-order valence-electron chi connectivity index (χ3n) is 2.67. The van der Waals surface area contributed by atoms with Gasteiger partial charge >= 0.3 is 18.3 Å². The van der Waals surface area contributed by atoms with E-state index in [0.717, 1.165) is 0 Å². The van der Waals surface area contributed by atoms with E-state index in [-0.39, 0.29) is 12.5 Å². The van der Waals surface area contributed by atoms with Crippen LogP contribution in [0, 0.1) is 0 Å². The number of hydrogen-bond donors (Lipinski definition) is 1. The van der Waals surface area contributed by atoms with Gasteiger partial charge in [0, 0.05) is 0 Å². The Morgan fingerprint density at radius 1 is 1.09 bits per heavy atom. The summed E-state index contributed by atoms with van der Waals surface area (Å²) in [5.74, 6) is -2.25. The number of carbonyl (C=O) groups is 1. The van der Waals surface area contributed by atoms with E-state index in [2.05, 4.69) is 0 Å². The minimum Gasteiger partial charge on any atom is -0.479 e. The summed E-state index contributed by atoms with van der Waals surface area (Å²) < 4.78 is 80.6. The third-order valence-corrected chi connectivity index (χ3v) is 2.67. The molecule has 0 heterocycles. The van der Waals surface area contributed by atoms with Crippen LogP contribution in [0.15, 0.2) is 18.2 Å². The van der Waals surface area contributed by atoms with Crippen molar-refractivity contribution in [2.45, 2.75) is 38.2 Å². The van der Waals surface area contributed by atoms with Crippen LogP contribution in [0.5, 0.6) is 5.75 Å². The van der Waals surface area contributed by atoms with Crippen molar-refractivity contribution in [1.82, 2.24) is 0 Å². The average molecular weight is 330 g/mol. The first-order valence-electron chi connectivity index (χ1n) is 6.14. The van der Waals surface area contributed by atoms with Crippen molar-refractivity contribution < 1.29 is 41.0 Å². The fourth-order valence-corrected chi connectivity index (χ4v) is 1.65. The van der Waals surface area contributed by atoms with E-state index in [0.29, 0.717) is 18.6 Å². The van der Waals surface area contributed by atoms with Gasteiger partial charge in [-0.3, -0.25) is 0 Å². The molecule has 9 heteroatoms. The van der Waals surface area contributed by atoms with Crippen molar-refractivity contribution in [1.29, 1.82) is 0 Å². The molecule has 0 aliphatic heterocycles. The highest BCUT2D eigenvalue weighted by Crippen LogP contribution is 2.38. The molecule has 124 valence electrons. The highest BCUT2D eigenvalue weighted by atomic mass is 19.4.